The number of hydrogen-bond acceptors (Lipinski definition) is 4. The molecule has 108 valence electrons. The number of nitrogens with zero attached hydrogens (tertiary/aromatic N) is 2. The van der Waals surface area contributed by atoms with Crippen molar-refractivity contribution in [2.75, 3.05) is 0 Å². The van der Waals surface area contributed by atoms with E-state index in [4.69, 9.17) is 0 Å². The number of aromatic nitrogens is 2. The topological polar surface area (TPSA) is 92.2 Å². The molecule has 0 saturated carbocycles. The Balaban J connectivity index is 2.12. The summed E-state index contributed by atoms with van der Waals surface area (Å²) in [6.07, 6.45) is 3.19. The molecule has 1 atom stereocenters. The van der Waals surface area contributed by atoms with Gasteiger partial charge in [0.25, 0.3) is 5.91 Å². The van der Waals surface area contributed by atoms with Crippen molar-refractivity contribution in [1.29, 1.82) is 0 Å². The van der Waals surface area contributed by atoms with Gasteiger partial charge >= 0.3 is 5.97 Å². The Morgan fingerprint density at radius 3 is 2.57 bits per heavy atom. The van der Waals surface area contributed by atoms with Gasteiger partial charge in [0.2, 0.25) is 0 Å². The van der Waals surface area contributed by atoms with Crippen LogP contribution in [0.2, 0.25) is 0 Å². The number of aliphatic carboxylic acids is 1. The fourth-order valence-electron chi connectivity index (χ4n) is 1.72. The van der Waals surface area contributed by atoms with Gasteiger partial charge in [0, 0.05) is 18.8 Å². The molecule has 0 fully saturated rings. The summed E-state index contributed by atoms with van der Waals surface area (Å²) in [6.45, 7) is 0. The van der Waals surface area contributed by atoms with Crippen LogP contribution in [0.1, 0.15) is 16.1 Å². The second-order valence-electron chi connectivity index (χ2n) is 4.24. The van der Waals surface area contributed by atoms with Crippen LogP contribution in [-0.4, -0.2) is 33.0 Å². The zero-order valence-corrected chi connectivity index (χ0v) is 12.4. The van der Waals surface area contributed by atoms with Crippen LogP contribution in [0.3, 0.4) is 0 Å². The first-order chi connectivity index (χ1) is 10.1. The third kappa shape index (κ3) is 4.09. The highest BCUT2D eigenvalue weighted by Crippen LogP contribution is 2.14. The maximum absolute atomic E-state index is 12.0. The summed E-state index contributed by atoms with van der Waals surface area (Å²) in [6, 6.07) is 7.27. The summed E-state index contributed by atoms with van der Waals surface area (Å²) < 4.78 is 0.559. The number of carbonyl (C=O) groups is 2. The molecule has 1 amide bonds. The van der Waals surface area contributed by atoms with E-state index in [-0.39, 0.29) is 12.1 Å². The standard InChI is InChI=1S/C14H12BrN3O3/c15-12-9(4-3-7-17-12)8-11(14(20)21)18-13(19)10-5-1-2-6-16-10/h1-7,11H,8H2,(H,18,19)(H,20,21)/t11-/m0/s1. The molecule has 7 heteroatoms. The molecule has 2 rings (SSSR count). The Morgan fingerprint density at radius 1 is 1.19 bits per heavy atom. The average Bonchev–Trinajstić information content (AvgIpc) is 2.49. The first kappa shape index (κ1) is 15.1. The minimum absolute atomic E-state index is 0.127. The van der Waals surface area contributed by atoms with Gasteiger partial charge in [0.1, 0.15) is 16.3 Å². The molecule has 0 aliphatic carbocycles. The number of carboxylic acid groups (broad SMARTS) is 1. The third-order valence-electron chi connectivity index (χ3n) is 2.76. The number of rotatable bonds is 5. The molecular formula is C14H12BrN3O3. The zero-order chi connectivity index (χ0) is 15.2. The van der Waals surface area contributed by atoms with Crippen LogP contribution in [0, 0.1) is 0 Å². The smallest absolute Gasteiger partial charge is 0.326 e. The van der Waals surface area contributed by atoms with Gasteiger partial charge in [0.05, 0.1) is 0 Å². The molecule has 0 spiro atoms. The Morgan fingerprint density at radius 2 is 1.95 bits per heavy atom. The maximum Gasteiger partial charge on any atom is 0.326 e. The molecule has 0 aliphatic rings. The van der Waals surface area contributed by atoms with Crippen molar-refractivity contribution in [2.24, 2.45) is 0 Å². The SMILES string of the molecule is O=C(N[C@@H](Cc1cccnc1Br)C(=O)O)c1ccccn1. The molecule has 2 heterocycles. The Hall–Kier alpha value is -2.28. The molecule has 0 saturated heterocycles. The molecule has 6 nitrogen and oxygen atoms in total. The van der Waals surface area contributed by atoms with Crippen molar-refractivity contribution in [3.05, 3.63) is 58.6 Å². The highest BCUT2D eigenvalue weighted by atomic mass is 79.9. The molecule has 0 aliphatic heterocycles. The second kappa shape index (κ2) is 6.94. The van der Waals surface area contributed by atoms with Gasteiger partial charge in [-0.05, 0) is 39.7 Å². The summed E-state index contributed by atoms with van der Waals surface area (Å²) in [5.74, 6) is -1.64. The van der Waals surface area contributed by atoms with E-state index >= 15 is 0 Å². The number of carbonyl (C=O) groups excluding carboxylic acids is 1. The van der Waals surface area contributed by atoms with Crippen molar-refractivity contribution in [3.8, 4) is 0 Å². The minimum Gasteiger partial charge on any atom is -0.480 e. The van der Waals surface area contributed by atoms with Crippen molar-refractivity contribution >= 4 is 27.8 Å². The Bertz CT molecular complexity index is 649. The number of nitrogens with one attached hydrogen (secondary N) is 1. The van der Waals surface area contributed by atoms with Crippen molar-refractivity contribution in [3.63, 3.8) is 0 Å². The monoisotopic (exact) mass is 349 g/mol. The van der Waals surface area contributed by atoms with Crippen LogP contribution in [0.15, 0.2) is 47.3 Å². The number of halogens is 1. The van der Waals surface area contributed by atoms with E-state index in [0.29, 0.717) is 10.2 Å². The fraction of sp³-hybridized carbons (Fsp3) is 0.143. The lowest BCUT2D eigenvalue weighted by Crippen LogP contribution is -2.42. The van der Waals surface area contributed by atoms with Gasteiger partial charge < -0.3 is 10.4 Å². The van der Waals surface area contributed by atoms with E-state index in [1.165, 1.54) is 12.3 Å². The predicted molar refractivity (Wildman–Crippen MR) is 78.8 cm³/mol. The molecule has 2 N–H and O–H groups in total. The quantitative estimate of drug-likeness (QED) is 0.801. The summed E-state index contributed by atoms with van der Waals surface area (Å²) in [4.78, 5) is 31.2. The number of hydrogen-bond donors (Lipinski definition) is 2. The minimum atomic E-state index is -1.12. The van der Waals surface area contributed by atoms with Crippen LogP contribution >= 0.6 is 15.9 Å². The molecule has 0 aromatic carbocycles. The predicted octanol–water partition coefficient (Wildman–Crippen LogP) is 1.66. The average molecular weight is 350 g/mol. The van der Waals surface area contributed by atoms with Crippen LogP contribution in [0.4, 0.5) is 0 Å². The first-order valence-electron chi connectivity index (χ1n) is 6.12. The highest BCUT2D eigenvalue weighted by Gasteiger charge is 2.22. The van der Waals surface area contributed by atoms with Crippen molar-refractivity contribution in [2.45, 2.75) is 12.5 Å². The zero-order valence-electron chi connectivity index (χ0n) is 10.9. The lowest BCUT2D eigenvalue weighted by atomic mass is 10.1. The molecule has 21 heavy (non-hydrogen) atoms. The first-order valence-corrected chi connectivity index (χ1v) is 6.91. The van der Waals surface area contributed by atoms with E-state index in [2.05, 4.69) is 31.2 Å². The van der Waals surface area contributed by atoms with E-state index < -0.39 is 17.9 Å². The largest absolute Gasteiger partial charge is 0.480 e. The normalized spacial score (nSPS) is 11.7. The summed E-state index contributed by atoms with van der Waals surface area (Å²) in [5, 5.41) is 11.7. The highest BCUT2D eigenvalue weighted by molar-refractivity contribution is 9.10. The van der Waals surface area contributed by atoms with Gasteiger partial charge in [-0.25, -0.2) is 9.78 Å². The van der Waals surface area contributed by atoms with E-state index in [9.17, 15) is 14.7 Å². The number of carboxylic acids is 1. The van der Waals surface area contributed by atoms with Gasteiger partial charge in [-0.2, -0.15) is 0 Å². The van der Waals surface area contributed by atoms with Crippen LogP contribution < -0.4 is 5.32 Å². The Labute approximate surface area is 129 Å². The van der Waals surface area contributed by atoms with E-state index in [1.54, 1.807) is 30.5 Å². The lowest BCUT2D eigenvalue weighted by molar-refractivity contribution is -0.139. The van der Waals surface area contributed by atoms with Crippen molar-refractivity contribution in [1.82, 2.24) is 15.3 Å². The molecule has 2 aromatic heterocycles. The van der Waals surface area contributed by atoms with Crippen LogP contribution in [0.5, 0.6) is 0 Å². The lowest BCUT2D eigenvalue weighted by Gasteiger charge is -2.14. The van der Waals surface area contributed by atoms with Gasteiger partial charge in [-0.15, -0.1) is 0 Å². The van der Waals surface area contributed by atoms with Crippen LogP contribution in [-0.2, 0) is 11.2 Å². The van der Waals surface area contributed by atoms with E-state index in [1.807, 2.05) is 0 Å². The van der Waals surface area contributed by atoms with Gasteiger partial charge in [-0.1, -0.05) is 12.1 Å². The van der Waals surface area contributed by atoms with Crippen molar-refractivity contribution < 1.29 is 14.7 Å². The summed E-state index contributed by atoms with van der Waals surface area (Å²) in [5.41, 5.74) is 0.875. The number of pyridine rings is 2. The molecule has 2 aromatic rings. The van der Waals surface area contributed by atoms with Gasteiger partial charge in [0.15, 0.2) is 0 Å². The molecule has 0 radical (unpaired) electrons. The number of amides is 1. The maximum atomic E-state index is 12.0. The molecule has 0 bridgehead atoms. The summed E-state index contributed by atoms with van der Waals surface area (Å²) in [7, 11) is 0. The fourth-order valence-corrected chi connectivity index (χ4v) is 2.13. The summed E-state index contributed by atoms with van der Waals surface area (Å²) >= 11 is 3.26. The van der Waals surface area contributed by atoms with Crippen LogP contribution in [0.25, 0.3) is 0 Å². The second-order valence-corrected chi connectivity index (χ2v) is 4.99. The van der Waals surface area contributed by atoms with E-state index in [0.717, 1.165) is 0 Å². The Kier molecular flexibility index (Phi) is 4.99. The molecular weight excluding hydrogens is 338 g/mol. The third-order valence-corrected chi connectivity index (χ3v) is 3.48. The molecule has 0 unspecified atom stereocenters. The van der Waals surface area contributed by atoms with Gasteiger partial charge in [-0.3, -0.25) is 9.78 Å².